The molecule has 1 aliphatic rings. The summed E-state index contributed by atoms with van der Waals surface area (Å²) < 4.78 is 1.01. The third-order valence-corrected chi connectivity index (χ3v) is 5.13. The van der Waals surface area contributed by atoms with E-state index in [4.69, 9.17) is 0 Å². The van der Waals surface area contributed by atoms with Gasteiger partial charge in [-0.25, -0.2) is 0 Å². The Morgan fingerprint density at radius 1 is 1.30 bits per heavy atom. The minimum atomic E-state index is -0.0496. The lowest BCUT2D eigenvalue weighted by atomic mass is 9.85. The Balaban J connectivity index is 2.03. The van der Waals surface area contributed by atoms with E-state index in [-0.39, 0.29) is 11.8 Å². The van der Waals surface area contributed by atoms with Crippen LogP contribution in [0.15, 0.2) is 28.7 Å². The fourth-order valence-electron chi connectivity index (χ4n) is 3.13. The zero-order chi connectivity index (χ0) is 14.7. The second-order valence-electron chi connectivity index (χ2n) is 6.14. The van der Waals surface area contributed by atoms with Crippen molar-refractivity contribution in [2.45, 2.75) is 51.6 Å². The molecule has 3 atom stereocenters. The molecule has 1 aromatic carbocycles. The van der Waals surface area contributed by atoms with Crippen LogP contribution in [0.1, 0.15) is 49.9 Å². The minimum Gasteiger partial charge on any atom is -0.294 e. The Kier molecular flexibility index (Phi) is 5.39. The molecular formula is C17H24BrNO. The van der Waals surface area contributed by atoms with Crippen molar-refractivity contribution < 1.29 is 4.79 Å². The quantitative estimate of drug-likeness (QED) is 0.752. The highest BCUT2D eigenvalue weighted by molar-refractivity contribution is 9.10. The molecule has 3 unspecified atom stereocenters. The molecule has 0 N–H and O–H groups in total. The number of rotatable bonds is 4. The van der Waals surface area contributed by atoms with Crippen molar-refractivity contribution in [1.29, 1.82) is 0 Å². The van der Waals surface area contributed by atoms with Crippen LogP contribution in [-0.4, -0.2) is 29.8 Å². The highest BCUT2D eigenvalue weighted by Crippen LogP contribution is 2.28. The summed E-state index contributed by atoms with van der Waals surface area (Å²) in [5, 5.41) is 0. The van der Waals surface area contributed by atoms with Crippen molar-refractivity contribution in [3.63, 3.8) is 0 Å². The van der Waals surface area contributed by atoms with Crippen LogP contribution in [0, 0.1) is 5.92 Å². The summed E-state index contributed by atoms with van der Waals surface area (Å²) in [7, 11) is 2.10. The second-order valence-corrected chi connectivity index (χ2v) is 7.05. The van der Waals surface area contributed by atoms with Crippen LogP contribution in [0.5, 0.6) is 0 Å². The molecular weight excluding hydrogens is 314 g/mol. The monoisotopic (exact) mass is 337 g/mol. The highest BCUT2D eigenvalue weighted by Gasteiger charge is 2.28. The van der Waals surface area contributed by atoms with Gasteiger partial charge in [-0.05, 0) is 44.9 Å². The molecule has 3 heteroatoms. The average Bonchev–Trinajstić information content (AvgIpc) is 2.46. The lowest BCUT2D eigenvalue weighted by Gasteiger charge is -2.37. The predicted molar refractivity (Wildman–Crippen MR) is 87.1 cm³/mol. The smallest absolute Gasteiger partial charge is 0.179 e. The van der Waals surface area contributed by atoms with E-state index in [1.165, 1.54) is 25.7 Å². The lowest BCUT2D eigenvalue weighted by Crippen LogP contribution is -2.44. The number of benzene rings is 1. The number of carbonyl (C=O) groups excluding carboxylic acids is 1. The molecule has 0 bridgehead atoms. The molecule has 0 aliphatic heterocycles. The van der Waals surface area contributed by atoms with Crippen molar-refractivity contribution in [3.05, 3.63) is 34.3 Å². The molecule has 0 radical (unpaired) electrons. The maximum absolute atomic E-state index is 12.6. The normalized spacial score (nSPS) is 24.6. The number of hydrogen-bond acceptors (Lipinski definition) is 2. The van der Waals surface area contributed by atoms with Crippen LogP contribution < -0.4 is 0 Å². The molecule has 1 aromatic rings. The Hall–Kier alpha value is -0.670. The van der Waals surface area contributed by atoms with E-state index in [2.05, 4.69) is 34.8 Å². The molecule has 0 spiro atoms. The summed E-state index contributed by atoms with van der Waals surface area (Å²) in [6.45, 7) is 4.35. The number of hydrogen-bond donors (Lipinski definition) is 0. The summed E-state index contributed by atoms with van der Waals surface area (Å²) in [5.74, 6) is 1.00. The highest BCUT2D eigenvalue weighted by atomic mass is 79.9. The lowest BCUT2D eigenvalue weighted by molar-refractivity contribution is 0.0748. The molecule has 1 saturated carbocycles. The predicted octanol–water partition coefficient (Wildman–Crippen LogP) is 4.53. The van der Waals surface area contributed by atoms with Gasteiger partial charge in [-0.15, -0.1) is 0 Å². The van der Waals surface area contributed by atoms with E-state index < -0.39 is 0 Å². The Labute approximate surface area is 130 Å². The first-order valence-electron chi connectivity index (χ1n) is 7.50. The van der Waals surface area contributed by atoms with Gasteiger partial charge in [0.1, 0.15) is 0 Å². The van der Waals surface area contributed by atoms with Gasteiger partial charge in [0.15, 0.2) is 5.78 Å². The van der Waals surface area contributed by atoms with E-state index in [0.29, 0.717) is 6.04 Å². The molecule has 2 rings (SSSR count). The van der Waals surface area contributed by atoms with Crippen molar-refractivity contribution in [2.24, 2.45) is 5.92 Å². The van der Waals surface area contributed by atoms with Crippen LogP contribution in [0.3, 0.4) is 0 Å². The SMILES string of the molecule is CC1CCCC(N(C)C(C)C(=O)c2ccc(Br)cc2)C1. The van der Waals surface area contributed by atoms with Gasteiger partial charge in [-0.2, -0.15) is 0 Å². The molecule has 0 saturated heterocycles. The van der Waals surface area contributed by atoms with Crippen LogP contribution in [0.25, 0.3) is 0 Å². The zero-order valence-corrected chi connectivity index (χ0v) is 14.2. The summed E-state index contributed by atoms with van der Waals surface area (Å²) in [5.41, 5.74) is 0.802. The first kappa shape index (κ1) is 15.7. The van der Waals surface area contributed by atoms with Crippen LogP contribution in [0.2, 0.25) is 0 Å². The van der Waals surface area contributed by atoms with Gasteiger partial charge < -0.3 is 0 Å². The molecule has 1 fully saturated rings. The fraction of sp³-hybridized carbons (Fsp3) is 0.588. The van der Waals surface area contributed by atoms with Crippen molar-refractivity contribution in [3.8, 4) is 0 Å². The topological polar surface area (TPSA) is 20.3 Å². The van der Waals surface area contributed by atoms with Gasteiger partial charge in [0.05, 0.1) is 6.04 Å². The Morgan fingerprint density at radius 2 is 1.95 bits per heavy atom. The van der Waals surface area contributed by atoms with Gasteiger partial charge in [-0.1, -0.05) is 47.8 Å². The maximum atomic E-state index is 12.6. The Bertz CT molecular complexity index is 457. The molecule has 0 heterocycles. The standard InChI is InChI=1S/C17H24BrNO/c1-12-5-4-6-16(11-12)19(3)13(2)17(20)14-7-9-15(18)10-8-14/h7-10,12-13,16H,4-6,11H2,1-3H3. The van der Waals surface area contributed by atoms with E-state index in [9.17, 15) is 4.79 Å². The van der Waals surface area contributed by atoms with Crippen molar-refractivity contribution in [2.75, 3.05) is 7.05 Å². The van der Waals surface area contributed by atoms with Gasteiger partial charge >= 0.3 is 0 Å². The van der Waals surface area contributed by atoms with Crippen LogP contribution in [-0.2, 0) is 0 Å². The van der Waals surface area contributed by atoms with E-state index in [0.717, 1.165) is 16.0 Å². The summed E-state index contributed by atoms with van der Waals surface area (Å²) in [6, 6.07) is 8.17. The van der Waals surface area contributed by atoms with Gasteiger partial charge in [0.2, 0.25) is 0 Å². The van der Waals surface area contributed by atoms with Crippen LogP contribution in [0.4, 0.5) is 0 Å². The molecule has 110 valence electrons. The van der Waals surface area contributed by atoms with Gasteiger partial charge in [0.25, 0.3) is 0 Å². The molecule has 0 amide bonds. The molecule has 20 heavy (non-hydrogen) atoms. The maximum Gasteiger partial charge on any atom is 0.179 e. The number of carbonyl (C=O) groups is 1. The molecule has 2 nitrogen and oxygen atoms in total. The number of Topliss-reactive ketones (excluding diaryl/α,β-unsaturated/α-hetero) is 1. The number of halogens is 1. The largest absolute Gasteiger partial charge is 0.294 e. The summed E-state index contributed by atoms with van der Waals surface area (Å²) in [4.78, 5) is 14.8. The first-order chi connectivity index (χ1) is 9.49. The minimum absolute atomic E-state index is 0.0496. The zero-order valence-electron chi connectivity index (χ0n) is 12.6. The Morgan fingerprint density at radius 3 is 2.55 bits per heavy atom. The van der Waals surface area contributed by atoms with Crippen molar-refractivity contribution in [1.82, 2.24) is 4.90 Å². The van der Waals surface area contributed by atoms with E-state index in [1.54, 1.807) is 0 Å². The second kappa shape index (κ2) is 6.86. The average molecular weight is 338 g/mol. The third-order valence-electron chi connectivity index (χ3n) is 4.60. The molecule has 1 aliphatic carbocycles. The number of nitrogens with zero attached hydrogens (tertiary/aromatic N) is 1. The van der Waals surface area contributed by atoms with Crippen molar-refractivity contribution >= 4 is 21.7 Å². The van der Waals surface area contributed by atoms with Crippen LogP contribution >= 0.6 is 15.9 Å². The third kappa shape index (κ3) is 3.70. The van der Waals surface area contributed by atoms with E-state index >= 15 is 0 Å². The summed E-state index contributed by atoms with van der Waals surface area (Å²) in [6.07, 6.45) is 5.06. The first-order valence-corrected chi connectivity index (χ1v) is 8.30. The summed E-state index contributed by atoms with van der Waals surface area (Å²) >= 11 is 3.41. The molecule has 0 aromatic heterocycles. The number of likely N-dealkylation sites (N-methyl/N-ethyl adjacent to an activating group) is 1. The van der Waals surface area contributed by atoms with Gasteiger partial charge in [-0.3, -0.25) is 9.69 Å². The van der Waals surface area contributed by atoms with E-state index in [1.807, 2.05) is 31.2 Å². The fourth-order valence-corrected chi connectivity index (χ4v) is 3.39. The van der Waals surface area contributed by atoms with Gasteiger partial charge in [0, 0.05) is 16.1 Å². The number of ketones is 1.